The third-order valence-electron chi connectivity index (χ3n) is 7.16. The second-order valence-electron chi connectivity index (χ2n) is 10.4. The minimum absolute atomic E-state index is 0.0518. The zero-order chi connectivity index (χ0) is 30.8. The summed E-state index contributed by atoms with van der Waals surface area (Å²) in [6, 6.07) is 10.7. The number of rotatable bonds is 9. The molecule has 2 aromatic carbocycles. The molecule has 0 bridgehead atoms. The van der Waals surface area contributed by atoms with Gasteiger partial charge in [0.05, 0.1) is 22.9 Å². The van der Waals surface area contributed by atoms with Crippen LogP contribution in [0.2, 0.25) is 10.0 Å². The average molecular weight is 648 g/mol. The SMILES string of the molecule is Cc1c(C(=O)N[C@@H]2CCCC[C@@H]2N(C)C)nc(-c2ccc(Cl)cc2Cl)n1-c1ccc(OS(=O)(=O)CCC(F)(F)F)cc1. The van der Waals surface area contributed by atoms with E-state index in [1.54, 1.807) is 29.7 Å². The molecule has 1 aliphatic carbocycles. The van der Waals surface area contributed by atoms with Gasteiger partial charge in [0, 0.05) is 28.4 Å². The molecule has 1 aliphatic rings. The summed E-state index contributed by atoms with van der Waals surface area (Å²) in [6.07, 6.45) is -2.24. The standard InChI is InChI=1S/C28H31Cl2F3N4O4S/c1-17-25(27(38)34-23-6-4-5-7-24(23)36(2)3)35-26(21-13-8-18(29)16-22(21)30)37(17)19-9-11-20(12-10-19)41-42(39,40)15-14-28(31,32)33/h8-13,16,23-24H,4-7,14-15H2,1-3H3,(H,34,38)/t23-,24+/m1/s1. The Balaban J connectivity index is 1.69. The van der Waals surface area contributed by atoms with E-state index in [4.69, 9.17) is 27.4 Å². The first-order valence-electron chi connectivity index (χ1n) is 13.3. The first kappa shape index (κ1) is 32.1. The molecule has 8 nitrogen and oxygen atoms in total. The van der Waals surface area contributed by atoms with Gasteiger partial charge in [-0.2, -0.15) is 21.6 Å². The molecule has 14 heteroatoms. The molecule has 0 spiro atoms. The first-order valence-corrected chi connectivity index (χ1v) is 15.6. The third kappa shape index (κ3) is 7.77. The summed E-state index contributed by atoms with van der Waals surface area (Å²) in [5.74, 6) is -1.35. The summed E-state index contributed by atoms with van der Waals surface area (Å²) in [5.41, 5.74) is 1.68. The predicted molar refractivity (Wildman–Crippen MR) is 156 cm³/mol. The molecule has 228 valence electrons. The Morgan fingerprint density at radius 1 is 1.12 bits per heavy atom. The van der Waals surface area contributed by atoms with Gasteiger partial charge in [0.25, 0.3) is 5.91 Å². The monoisotopic (exact) mass is 646 g/mol. The van der Waals surface area contributed by atoms with Gasteiger partial charge in [-0.1, -0.05) is 36.0 Å². The molecule has 2 atom stereocenters. The van der Waals surface area contributed by atoms with Crippen LogP contribution in [0.3, 0.4) is 0 Å². The van der Waals surface area contributed by atoms with E-state index < -0.39 is 28.5 Å². The molecular formula is C28H31Cl2F3N4O4S. The van der Waals surface area contributed by atoms with Gasteiger partial charge in [0.1, 0.15) is 17.3 Å². The second kappa shape index (κ2) is 12.8. The maximum Gasteiger partial charge on any atom is 0.390 e. The van der Waals surface area contributed by atoms with Crippen LogP contribution in [0.15, 0.2) is 42.5 Å². The molecule has 42 heavy (non-hydrogen) atoms. The fraction of sp³-hybridized carbons (Fsp3) is 0.429. The van der Waals surface area contributed by atoms with E-state index in [0.717, 1.165) is 25.7 Å². The zero-order valence-electron chi connectivity index (χ0n) is 23.2. The van der Waals surface area contributed by atoms with Crippen molar-refractivity contribution in [1.82, 2.24) is 19.8 Å². The van der Waals surface area contributed by atoms with Gasteiger partial charge < -0.3 is 14.4 Å². The summed E-state index contributed by atoms with van der Waals surface area (Å²) in [6.45, 7) is 1.73. The largest absolute Gasteiger partial charge is 0.390 e. The van der Waals surface area contributed by atoms with Crippen LogP contribution in [0.4, 0.5) is 13.2 Å². The Bertz CT molecular complexity index is 1540. The van der Waals surface area contributed by atoms with Crippen molar-refractivity contribution in [3.8, 4) is 22.8 Å². The van der Waals surface area contributed by atoms with Gasteiger partial charge >= 0.3 is 16.3 Å². The van der Waals surface area contributed by atoms with Crippen molar-refractivity contribution in [2.24, 2.45) is 0 Å². The number of nitrogens with zero attached hydrogens (tertiary/aromatic N) is 3. The highest BCUT2D eigenvalue weighted by atomic mass is 35.5. The lowest BCUT2D eigenvalue weighted by Gasteiger charge is -2.36. The normalized spacial score (nSPS) is 17.8. The first-order chi connectivity index (χ1) is 19.6. The smallest absolute Gasteiger partial charge is 0.382 e. The lowest BCUT2D eigenvalue weighted by atomic mass is 9.89. The van der Waals surface area contributed by atoms with Crippen molar-refractivity contribution in [2.45, 2.75) is 57.3 Å². The number of carbonyl (C=O) groups is 1. The number of hydrogen-bond acceptors (Lipinski definition) is 6. The van der Waals surface area contributed by atoms with Crippen LogP contribution in [0.5, 0.6) is 5.75 Å². The number of likely N-dealkylation sites (N-methyl/N-ethyl adjacent to an activating group) is 1. The van der Waals surface area contributed by atoms with Gasteiger partial charge in [-0.05, 0) is 76.3 Å². The van der Waals surface area contributed by atoms with Crippen LogP contribution in [0, 0.1) is 6.92 Å². The van der Waals surface area contributed by atoms with Crippen LogP contribution < -0.4 is 9.50 Å². The van der Waals surface area contributed by atoms with Crippen molar-refractivity contribution in [3.63, 3.8) is 0 Å². The highest BCUT2D eigenvalue weighted by molar-refractivity contribution is 7.87. The van der Waals surface area contributed by atoms with E-state index in [0.29, 0.717) is 32.8 Å². The summed E-state index contributed by atoms with van der Waals surface area (Å²) in [4.78, 5) is 20.4. The number of carbonyl (C=O) groups excluding carboxylic acids is 1. The Morgan fingerprint density at radius 3 is 2.40 bits per heavy atom. The molecule has 0 saturated heterocycles. The number of benzene rings is 2. The van der Waals surface area contributed by atoms with Crippen molar-refractivity contribution < 1.29 is 30.6 Å². The lowest BCUT2D eigenvalue weighted by molar-refractivity contribution is -0.130. The van der Waals surface area contributed by atoms with Crippen LogP contribution in [0.1, 0.15) is 48.3 Å². The zero-order valence-corrected chi connectivity index (χ0v) is 25.5. The Hall–Kier alpha value is -2.80. The van der Waals surface area contributed by atoms with E-state index in [2.05, 4.69) is 15.2 Å². The Morgan fingerprint density at radius 2 is 1.79 bits per heavy atom. The molecule has 1 aromatic heterocycles. The summed E-state index contributed by atoms with van der Waals surface area (Å²) < 4.78 is 68.2. The van der Waals surface area contributed by atoms with Gasteiger partial charge in [-0.3, -0.25) is 9.36 Å². The minimum Gasteiger partial charge on any atom is -0.382 e. The van der Waals surface area contributed by atoms with E-state index >= 15 is 0 Å². The maximum absolute atomic E-state index is 13.6. The molecule has 1 saturated carbocycles. The summed E-state index contributed by atoms with van der Waals surface area (Å²) in [7, 11) is -0.490. The van der Waals surface area contributed by atoms with E-state index in [-0.39, 0.29) is 29.4 Å². The van der Waals surface area contributed by atoms with E-state index in [9.17, 15) is 26.4 Å². The average Bonchev–Trinajstić information content (AvgIpc) is 3.24. The van der Waals surface area contributed by atoms with Gasteiger partial charge in [-0.25, -0.2) is 4.98 Å². The fourth-order valence-corrected chi connectivity index (χ4v) is 6.56. The Kier molecular flexibility index (Phi) is 9.81. The molecule has 4 rings (SSSR count). The van der Waals surface area contributed by atoms with Gasteiger partial charge in [0.15, 0.2) is 0 Å². The lowest BCUT2D eigenvalue weighted by Crippen LogP contribution is -2.51. The quantitative estimate of drug-likeness (QED) is 0.270. The molecule has 1 amide bonds. The number of halogens is 5. The van der Waals surface area contributed by atoms with E-state index in [1.165, 1.54) is 24.3 Å². The summed E-state index contributed by atoms with van der Waals surface area (Å²) >= 11 is 12.6. The van der Waals surface area contributed by atoms with Crippen molar-refractivity contribution in [1.29, 1.82) is 0 Å². The van der Waals surface area contributed by atoms with Gasteiger partial charge in [0.2, 0.25) is 0 Å². The number of aromatic nitrogens is 2. The van der Waals surface area contributed by atoms with Crippen LogP contribution in [-0.2, 0) is 10.1 Å². The fourth-order valence-electron chi connectivity index (χ4n) is 5.10. The molecular weight excluding hydrogens is 616 g/mol. The number of nitrogens with one attached hydrogen (secondary N) is 1. The minimum atomic E-state index is -4.63. The highest BCUT2D eigenvalue weighted by Crippen LogP contribution is 2.34. The van der Waals surface area contributed by atoms with Crippen molar-refractivity contribution >= 4 is 39.2 Å². The molecule has 1 N–H and O–H groups in total. The van der Waals surface area contributed by atoms with Crippen molar-refractivity contribution in [2.75, 3.05) is 19.8 Å². The summed E-state index contributed by atoms with van der Waals surface area (Å²) in [5, 5.41) is 3.87. The number of alkyl halides is 3. The van der Waals surface area contributed by atoms with Crippen LogP contribution in [-0.4, -0.2) is 66.9 Å². The Labute approximate surface area is 252 Å². The molecule has 0 unspecified atom stereocenters. The van der Waals surface area contributed by atoms with Crippen LogP contribution >= 0.6 is 23.2 Å². The maximum atomic E-state index is 13.6. The predicted octanol–water partition coefficient (Wildman–Crippen LogP) is 6.42. The number of hydrogen-bond donors (Lipinski definition) is 1. The van der Waals surface area contributed by atoms with Crippen LogP contribution in [0.25, 0.3) is 17.1 Å². The second-order valence-corrected chi connectivity index (χ2v) is 13.0. The molecule has 1 heterocycles. The van der Waals surface area contributed by atoms with E-state index in [1.807, 2.05) is 14.1 Å². The molecule has 0 radical (unpaired) electrons. The number of imidazole rings is 1. The van der Waals surface area contributed by atoms with Crippen molar-refractivity contribution in [3.05, 3.63) is 63.9 Å². The third-order valence-corrected chi connectivity index (χ3v) is 8.86. The molecule has 1 fully saturated rings. The molecule has 0 aliphatic heterocycles. The molecule has 3 aromatic rings. The topological polar surface area (TPSA) is 93.5 Å². The number of amides is 1. The highest BCUT2D eigenvalue weighted by Gasteiger charge is 2.32. The van der Waals surface area contributed by atoms with Gasteiger partial charge in [-0.15, -0.1) is 0 Å².